The minimum absolute atomic E-state index is 0.0979. The van der Waals surface area contributed by atoms with E-state index in [0.29, 0.717) is 19.5 Å². The van der Waals surface area contributed by atoms with E-state index in [-0.39, 0.29) is 11.7 Å². The summed E-state index contributed by atoms with van der Waals surface area (Å²) in [4.78, 5) is 24.6. The molecule has 5 nitrogen and oxygen atoms in total. The van der Waals surface area contributed by atoms with Crippen molar-refractivity contribution < 1.29 is 9.18 Å². The van der Waals surface area contributed by atoms with Crippen molar-refractivity contribution in [3.63, 3.8) is 0 Å². The van der Waals surface area contributed by atoms with Crippen LogP contribution in [0.4, 0.5) is 4.39 Å². The van der Waals surface area contributed by atoms with Crippen LogP contribution in [0.15, 0.2) is 42.6 Å². The first kappa shape index (κ1) is 17.7. The fourth-order valence-corrected chi connectivity index (χ4v) is 3.72. The van der Waals surface area contributed by atoms with Crippen molar-refractivity contribution in [2.24, 2.45) is 0 Å². The number of aromatic nitrogens is 2. The van der Waals surface area contributed by atoms with Crippen molar-refractivity contribution in [3.05, 3.63) is 65.4 Å². The number of carbonyl (C=O) groups is 1. The molecule has 4 rings (SSSR count). The third kappa shape index (κ3) is 3.85. The molecular weight excluding hydrogens is 343 g/mol. The number of H-pyrrole nitrogens is 1. The number of pyridine rings is 1. The van der Waals surface area contributed by atoms with Gasteiger partial charge < -0.3 is 9.88 Å². The van der Waals surface area contributed by atoms with Crippen LogP contribution in [0.5, 0.6) is 0 Å². The molecule has 0 unspecified atom stereocenters. The van der Waals surface area contributed by atoms with E-state index in [4.69, 9.17) is 0 Å². The van der Waals surface area contributed by atoms with Gasteiger partial charge in [0.05, 0.1) is 12.1 Å². The number of hydrogen-bond donors (Lipinski definition) is 1. The lowest BCUT2D eigenvalue weighted by Gasteiger charge is -2.34. The molecule has 0 bridgehead atoms. The monoisotopic (exact) mass is 366 g/mol. The van der Waals surface area contributed by atoms with Crippen LogP contribution < -0.4 is 0 Å². The lowest BCUT2D eigenvalue weighted by atomic mass is 10.1. The number of aryl methyl sites for hydroxylation is 1. The van der Waals surface area contributed by atoms with Gasteiger partial charge in [-0.3, -0.25) is 14.7 Å². The largest absolute Gasteiger partial charge is 0.358 e. The molecule has 0 spiro atoms. The Kier molecular flexibility index (Phi) is 4.90. The third-order valence-electron chi connectivity index (χ3n) is 5.25. The van der Waals surface area contributed by atoms with Crippen molar-refractivity contribution >= 4 is 16.8 Å². The number of aromatic amines is 1. The van der Waals surface area contributed by atoms with Crippen LogP contribution in [0.2, 0.25) is 0 Å². The molecule has 0 atom stereocenters. The fraction of sp³-hybridized carbons (Fsp3) is 0.333. The first-order chi connectivity index (χ1) is 13.1. The molecule has 0 saturated carbocycles. The maximum Gasteiger partial charge on any atom is 0.227 e. The molecule has 1 aliphatic rings. The predicted octanol–water partition coefficient (Wildman–Crippen LogP) is 2.90. The number of rotatable bonds is 4. The summed E-state index contributed by atoms with van der Waals surface area (Å²) in [5.74, 6) is -0.181. The molecule has 1 amide bonds. The van der Waals surface area contributed by atoms with Gasteiger partial charge in [-0.1, -0.05) is 6.07 Å². The second-order valence-electron chi connectivity index (χ2n) is 7.07. The van der Waals surface area contributed by atoms with Crippen LogP contribution in [0.25, 0.3) is 10.9 Å². The van der Waals surface area contributed by atoms with Gasteiger partial charge in [-0.05, 0) is 42.8 Å². The normalized spacial score (nSPS) is 15.4. The van der Waals surface area contributed by atoms with E-state index in [2.05, 4.69) is 14.9 Å². The molecule has 1 aliphatic heterocycles. The van der Waals surface area contributed by atoms with Gasteiger partial charge in [-0.15, -0.1) is 0 Å². The first-order valence-electron chi connectivity index (χ1n) is 9.27. The molecule has 0 radical (unpaired) electrons. The van der Waals surface area contributed by atoms with Gasteiger partial charge in [0.25, 0.3) is 0 Å². The van der Waals surface area contributed by atoms with Gasteiger partial charge in [0.2, 0.25) is 5.91 Å². The van der Waals surface area contributed by atoms with Crippen LogP contribution in [0.1, 0.15) is 17.0 Å². The summed E-state index contributed by atoms with van der Waals surface area (Å²) >= 11 is 0. The second kappa shape index (κ2) is 7.48. The number of fused-ring (bicyclic) bond motifs is 1. The highest BCUT2D eigenvalue weighted by Gasteiger charge is 2.23. The minimum Gasteiger partial charge on any atom is -0.358 e. The molecule has 1 fully saturated rings. The number of halogens is 1. The predicted molar refractivity (Wildman–Crippen MR) is 103 cm³/mol. The molecule has 6 heteroatoms. The summed E-state index contributed by atoms with van der Waals surface area (Å²) in [5, 5.41) is 0.801. The highest BCUT2D eigenvalue weighted by atomic mass is 19.1. The molecule has 3 aromatic rings. The third-order valence-corrected chi connectivity index (χ3v) is 5.25. The Labute approximate surface area is 157 Å². The fourth-order valence-electron chi connectivity index (χ4n) is 3.72. The van der Waals surface area contributed by atoms with Crippen LogP contribution in [-0.4, -0.2) is 51.9 Å². The molecule has 140 valence electrons. The Morgan fingerprint density at radius 1 is 1.19 bits per heavy atom. The molecule has 3 heterocycles. The van der Waals surface area contributed by atoms with Gasteiger partial charge in [0.15, 0.2) is 0 Å². The molecule has 0 aliphatic carbocycles. The van der Waals surface area contributed by atoms with Crippen molar-refractivity contribution in [3.8, 4) is 0 Å². The van der Waals surface area contributed by atoms with Gasteiger partial charge in [0.1, 0.15) is 5.82 Å². The van der Waals surface area contributed by atoms with Crippen molar-refractivity contribution in [2.75, 3.05) is 26.2 Å². The topological polar surface area (TPSA) is 52.2 Å². The Morgan fingerprint density at radius 3 is 2.74 bits per heavy atom. The Balaban J connectivity index is 1.39. The number of nitrogens with zero attached hydrogens (tertiary/aromatic N) is 3. The summed E-state index contributed by atoms with van der Waals surface area (Å²) in [5.41, 5.74) is 3.74. The smallest absolute Gasteiger partial charge is 0.227 e. The van der Waals surface area contributed by atoms with E-state index in [0.717, 1.165) is 47.5 Å². The number of amides is 1. The highest BCUT2D eigenvalue weighted by molar-refractivity contribution is 5.90. The lowest BCUT2D eigenvalue weighted by Crippen LogP contribution is -2.48. The summed E-state index contributed by atoms with van der Waals surface area (Å²) in [6.07, 6.45) is 2.11. The molecule has 27 heavy (non-hydrogen) atoms. The quantitative estimate of drug-likeness (QED) is 0.772. The van der Waals surface area contributed by atoms with Gasteiger partial charge in [-0.25, -0.2) is 4.39 Å². The van der Waals surface area contributed by atoms with Crippen molar-refractivity contribution in [1.29, 1.82) is 0 Å². The zero-order chi connectivity index (χ0) is 18.8. The van der Waals surface area contributed by atoms with Gasteiger partial charge >= 0.3 is 0 Å². The zero-order valence-corrected chi connectivity index (χ0v) is 15.4. The van der Waals surface area contributed by atoms with Gasteiger partial charge in [0, 0.05) is 55.5 Å². The van der Waals surface area contributed by atoms with Crippen molar-refractivity contribution in [1.82, 2.24) is 19.8 Å². The van der Waals surface area contributed by atoms with Crippen LogP contribution in [-0.2, 0) is 17.8 Å². The van der Waals surface area contributed by atoms with E-state index in [1.54, 1.807) is 6.07 Å². The number of carbonyl (C=O) groups excluding carboxylic acids is 1. The molecule has 1 N–H and O–H groups in total. The number of nitrogens with one attached hydrogen (secondary N) is 1. The average molecular weight is 366 g/mol. The van der Waals surface area contributed by atoms with E-state index in [9.17, 15) is 9.18 Å². The van der Waals surface area contributed by atoms with E-state index in [1.807, 2.05) is 36.2 Å². The molecule has 1 saturated heterocycles. The van der Waals surface area contributed by atoms with E-state index < -0.39 is 0 Å². The van der Waals surface area contributed by atoms with Crippen LogP contribution in [0.3, 0.4) is 0 Å². The molecule has 2 aromatic heterocycles. The zero-order valence-electron chi connectivity index (χ0n) is 15.4. The second-order valence-corrected chi connectivity index (χ2v) is 7.07. The van der Waals surface area contributed by atoms with E-state index in [1.165, 1.54) is 12.1 Å². The van der Waals surface area contributed by atoms with Crippen molar-refractivity contribution in [2.45, 2.75) is 19.9 Å². The van der Waals surface area contributed by atoms with Crippen LogP contribution >= 0.6 is 0 Å². The maximum atomic E-state index is 13.6. The molecule has 1 aromatic carbocycles. The minimum atomic E-state index is -0.279. The van der Waals surface area contributed by atoms with Gasteiger partial charge in [-0.2, -0.15) is 0 Å². The summed E-state index contributed by atoms with van der Waals surface area (Å²) in [6, 6.07) is 10.6. The maximum absolute atomic E-state index is 13.6. The number of benzene rings is 1. The van der Waals surface area contributed by atoms with Crippen LogP contribution in [0, 0.1) is 12.7 Å². The summed E-state index contributed by atoms with van der Waals surface area (Å²) in [6.45, 7) is 5.84. The standard InChI is InChI=1S/C21H23FN4O/c1-15-18(19-12-16(22)5-6-20(19)24-15)13-21(27)26-10-8-25(9-11-26)14-17-4-2-3-7-23-17/h2-7,12,24H,8-11,13-14H2,1H3. The average Bonchev–Trinajstić information content (AvgIpc) is 2.98. The highest BCUT2D eigenvalue weighted by Crippen LogP contribution is 2.24. The summed E-state index contributed by atoms with van der Waals surface area (Å²) < 4.78 is 13.6. The molecular formula is C21H23FN4O. The summed E-state index contributed by atoms with van der Waals surface area (Å²) in [7, 11) is 0. The Hall–Kier alpha value is -2.73. The first-order valence-corrected chi connectivity index (χ1v) is 9.27. The Morgan fingerprint density at radius 2 is 2.00 bits per heavy atom. The number of hydrogen-bond acceptors (Lipinski definition) is 3. The van der Waals surface area contributed by atoms with E-state index >= 15 is 0 Å². The number of piperazine rings is 1. The SMILES string of the molecule is Cc1[nH]c2ccc(F)cc2c1CC(=O)N1CCN(Cc2ccccn2)CC1. The Bertz CT molecular complexity index is 945. The lowest BCUT2D eigenvalue weighted by molar-refractivity contribution is -0.132.